The van der Waals surface area contributed by atoms with Crippen molar-refractivity contribution in [3.8, 4) is 0 Å². The molecule has 0 bridgehead atoms. The van der Waals surface area contributed by atoms with Gasteiger partial charge in [-0.05, 0) is 22.0 Å². The molecule has 0 saturated carbocycles. The molecule has 0 fully saturated rings. The molecule has 15 heavy (non-hydrogen) atoms. The first kappa shape index (κ1) is 12.4. The zero-order chi connectivity index (χ0) is 11.8. The van der Waals surface area contributed by atoms with Crippen LogP contribution in [0, 0.1) is 5.82 Å². The van der Waals surface area contributed by atoms with Crippen molar-refractivity contribution in [2.75, 3.05) is 0 Å². The van der Waals surface area contributed by atoms with Gasteiger partial charge >= 0.3 is 0 Å². The number of primary sulfonamides is 1. The van der Waals surface area contributed by atoms with E-state index in [-0.39, 0.29) is 4.60 Å². The number of aromatic nitrogens is 1. The summed E-state index contributed by atoms with van der Waals surface area (Å²) in [6, 6.07) is 0.719. The predicted octanol–water partition coefficient (Wildman–Crippen LogP) is 1.57. The summed E-state index contributed by atoms with van der Waals surface area (Å²) in [5.74, 6) is -1.63. The van der Waals surface area contributed by atoms with E-state index in [0.717, 1.165) is 6.07 Å². The van der Waals surface area contributed by atoms with Gasteiger partial charge in [-0.3, -0.25) is 0 Å². The number of hydrogen-bond acceptors (Lipinski definition) is 3. The van der Waals surface area contributed by atoms with E-state index >= 15 is 0 Å². The molecule has 0 unspecified atom stereocenters. The van der Waals surface area contributed by atoms with Crippen LogP contribution >= 0.6 is 15.9 Å². The van der Waals surface area contributed by atoms with Crippen molar-refractivity contribution >= 4 is 26.0 Å². The molecule has 1 rings (SSSR count). The van der Waals surface area contributed by atoms with E-state index in [4.69, 9.17) is 0 Å². The molecule has 0 amide bonds. The molecule has 1 aromatic heterocycles. The highest BCUT2D eigenvalue weighted by Gasteiger charge is 2.24. The van der Waals surface area contributed by atoms with Crippen molar-refractivity contribution in [1.82, 2.24) is 4.98 Å². The highest BCUT2D eigenvalue weighted by Crippen LogP contribution is 2.26. The molecular weight excluding hydrogens is 301 g/mol. The van der Waals surface area contributed by atoms with Crippen molar-refractivity contribution in [3.05, 3.63) is 22.2 Å². The highest BCUT2D eigenvalue weighted by molar-refractivity contribution is 9.10. The summed E-state index contributed by atoms with van der Waals surface area (Å²) in [4.78, 5) is 2.10. The van der Waals surface area contributed by atoms with Gasteiger partial charge in [-0.1, -0.05) is 0 Å². The van der Waals surface area contributed by atoms with Crippen molar-refractivity contribution in [3.63, 3.8) is 0 Å². The van der Waals surface area contributed by atoms with Crippen LogP contribution in [-0.4, -0.2) is 13.4 Å². The van der Waals surface area contributed by atoms with Gasteiger partial charge in [-0.2, -0.15) is 0 Å². The summed E-state index contributed by atoms with van der Waals surface area (Å²) in [7, 11) is -4.39. The Bertz CT molecular complexity index is 491. The van der Waals surface area contributed by atoms with Crippen LogP contribution in [0.1, 0.15) is 12.1 Å². The van der Waals surface area contributed by atoms with E-state index in [1.165, 1.54) is 0 Å². The van der Waals surface area contributed by atoms with Crippen LogP contribution in [-0.2, 0) is 10.0 Å². The summed E-state index contributed by atoms with van der Waals surface area (Å²) in [6.07, 6.45) is -3.22. The van der Waals surface area contributed by atoms with Gasteiger partial charge in [0, 0.05) is 0 Å². The van der Waals surface area contributed by atoms with Gasteiger partial charge in [0.1, 0.15) is 15.2 Å². The van der Waals surface area contributed by atoms with E-state index in [1.54, 1.807) is 0 Å². The fraction of sp³-hybridized carbons (Fsp3) is 0.167. The lowest BCUT2D eigenvalue weighted by Crippen LogP contribution is -2.16. The number of hydrogen-bond donors (Lipinski definition) is 1. The van der Waals surface area contributed by atoms with Crippen molar-refractivity contribution in [2.24, 2.45) is 5.14 Å². The van der Waals surface area contributed by atoms with Crippen LogP contribution in [0.15, 0.2) is 15.6 Å². The normalized spacial score (nSPS) is 12.1. The van der Waals surface area contributed by atoms with Crippen molar-refractivity contribution in [2.45, 2.75) is 11.3 Å². The molecule has 1 aromatic rings. The summed E-state index contributed by atoms with van der Waals surface area (Å²) < 4.78 is 59.0. The average Bonchev–Trinajstić information content (AvgIpc) is 2.06. The number of nitrogens with zero attached hydrogens (tertiary/aromatic N) is 1. The van der Waals surface area contributed by atoms with Crippen LogP contribution in [0.5, 0.6) is 0 Å². The molecule has 0 aliphatic heterocycles. The van der Waals surface area contributed by atoms with Crippen molar-refractivity contribution in [1.29, 1.82) is 0 Å². The van der Waals surface area contributed by atoms with E-state index in [1.807, 2.05) is 0 Å². The molecular formula is C6H4BrF3N2O2S. The van der Waals surface area contributed by atoms with Gasteiger partial charge in [-0.15, -0.1) is 0 Å². The third-order valence-corrected chi connectivity index (χ3v) is 2.75. The number of pyridine rings is 1. The number of halogens is 4. The minimum atomic E-state index is -4.39. The number of alkyl halides is 2. The molecule has 2 N–H and O–H groups in total. The highest BCUT2D eigenvalue weighted by atomic mass is 79.9. The standard InChI is InChI=1S/C6H4BrF3N2O2S/c7-3-1-2(15(11,13)14)4(8)5(12-3)6(9)10/h1,6H,(H2,11,13,14). The van der Waals surface area contributed by atoms with Crippen LogP contribution in [0.4, 0.5) is 13.2 Å². The Morgan fingerprint density at radius 1 is 1.47 bits per heavy atom. The SMILES string of the molecule is NS(=O)(=O)c1cc(Br)nc(C(F)F)c1F. The lowest BCUT2D eigenvalue weighted by atomic mass is 10.3. The molecule has 0 saturated heterocycles. The monoisotopic (exact) mass is 304 g/mol. The molecule has 9 heteroatoms. The molecule has 4 nitrogen and oxygen atoms in total. The van der Waals surface area contributed by atoms with Crippen molar-refractivity contribution < 1.29 is 21.6 Å². The fourth-order valence-corrected chi connectivity index (χ4v) is 2.05. The second-order valence-corrected chi connectivity index (χ2v) is 4.83. The summed E-state index contributed by atoms with van der Waals surface area (Å²) in [5, 5.41) is 4.63. The Hall–Kier alpha value is -0.670. The third-order valence-electron chi connectivity index (χ3n) is 1.43. The molecule has 0 aliphatic carbocycles. The Labute approximate surface area is 91.5 Å². The van der Waals surface area contributed by atoms with E-state index in [0.29, 0.717) is 0 Å². The minimum Gasteiger partial charge on any atom is -0.237 e. The zero-order valence-corrected chi connectivity index (χ0v) is 9.32. The Morgan fingerprint density at radius 3 is 2.40 bits per heavy atom. The summed E-state index contributed by atoms with van der Waals surface area (Å²) >= 11 is 2.68. The van der Waals surface area contributed by atoms with Gasteiger partial charge in [-0.25, -0.2) is 31.7 Å². The van der Waals surface area contributed by atoms with E-state index < -0.39 is 32.9 Å². The fourth-order valence-electron chi connectivity index (χ4n) is 0.846. The largest absolute Gasteiger partial charge is 0.283 e. The first-order chi connectivity index (χ1) is 6.73. The number of rotatable bonds is 2. The van der Waals surface area contributed by atoms with E-state index in [2.05, 4.69) is 26.1 Å². The van der Waals surface area contributed by atoms with Crippen LogP contribution in [0.2, 0.25) is 0 Å². The first-order valence-electron chi connectivity index (χ1n) is 3.40. The molecule has 0 radical (unpaired) electrons. The number of nitrogens with two attached hydrogens (primary N) is 1. The Kier molecular flexibility index (Phi) is 3.36. The van der Waals surface area contributed by atoms with Gasteiger partial charge in [0.25, 0.3) is 6.43 Å². The second kappa shape index (κ2) is 4.06. The molecule has 0 aliphatic rings. The predicted molar refractivity (Wildman–Crippen MR) is 48.2 cm³/mol. The first-order valence-corrected chi connectivity index (χ1v) is 5.74. The molecule has 84 valence electrons. The summed E-state index contributed by atoms with van der Waals surface area (Å²) in [6.45, 7) is 0. The lowest BCUT2D eigenvalue weighted by Gasteiger charge is -2.06. The van der Waals surface area contributed by atoms with Crippen LogP contribution in [0.25, 0.3) is 0 Å². The maximum Gasteiger partial charge on any atom is 0.283 e. The molecule has 0 aromatic carbocycles. The molecule has 0 atom stereocenters. The second-order valence-electron chi connectivity index (χ2n) is 2.49. The Balaban J connectivity index is 3.56. The van der Waals surface area contributed by atoms with Gasteiger partial charge in [0.2, 0.25) is 10.0 Å². The minimum absolute atomic E-state index is 0.233. The number of sulfonamides is 1. The quantitative estimate of drug-likeness (QED) is 0.843. The van der Waals surface area contributed by atoms with Gasteiger partial charge in [0.05, 0.1) is 0 Å². The maximum absolute atomic E-state index is 13.2. The lowest BCUT2D eigenvalue weighted by molar-refractivity contribution is 0.139. The van der Waals surface area contributed by atoms with Crippen LogP contribution < -0.4 is 5.14 Å². The van der Waals surface area contributed by atoms with Gasteiger partial charge in [0.15, 0.2) is 5.82 Å². The van der Waals surface area contributed by atoms with E-state index in [9.17, 15) is 21.6 Å². The smallest absolute Gasteiger partial charge is 0.237 e. The zero-order valence-electron chi connectivity index (χ0n) is 6.92. The van der Waals surface area contributed by atoms with Gasteiger partial charge < -0.3 is 0 Å². The maximum atomic E-state index is 13.2. The van der Waals surface area contributed by atoms with Crippen LogP contribution in [0.3, 0.4) is 0 Å². The molecule has 1 heterocycles. The topological polar surface area (TPSA) is 73.1 Å². The summed E-state index contributed by atoms with van der Waals surface area (Å²) in [5.41, 5.74) is -1.26. The third kappa shape index (κ3) is 2.67. The average molecular weight is 305 g/mol. The Morgan fingerprint density at radius 2 is 2.00 bits per heavy atom. The molecule has 0 spiro atoms.